The van der Waals surface area contributed by atoms with Crippen molar-refractivity contribution in [1.29, 1.82) is 0 Å². The van der Waals surface area contributed by atoms with E-state index in [4.69, 9.17) is 0 Å². The molecule has 0 saturated carbocycles. The van der Waals surface area contributed by atoms with Crippen molar-refractivity contribution in [2.75, 3.05) is 44.7 Å². The lowest BCUT2D eigenvalue weighted by atomic mass is 9.96. The number of hydrogen-bond donors (Lipinski definition) is 2. The molecule has 2 heterocycles. The number of amides is 3. The summed E-state index contributed by atoms with van der Waals surface area (Å²) in [5, 5.41) is 5.86. The van der Waals surface area contributed by atoms with Gasteiger partial charge in [0, 0.05) is 31.9 Å². The smallest absolute Gasteiger partial charge is 0.321 e. The first-order valence-electron chi connectivity index (χ1n) is 8.39. The summed E-state index contributed by atoms with van der Waals surface area (Å²) in [5.74, 6) is -0.277. The Morgan fingerprint density at radius 2 is 2.08 bits per heavy atom. The topological polar surface area (TPSA) is 64.7 Å². The van der Waals surface area contributed by atoms with Gasteiger partial charge in [0.2, 0.25) is 0 Å². The number of piperidine rings is 1. The van der Waals surface area contributed by atoms with Gasteiger partial charge in [0.1, 0.15) is 5.82 Å². The first-order valence-corrected chi connectivity index (χ1v) is 8.39. The summed E-state index contributed by atoms with van der Waals surface area (Å²) in [7, 11) is 1.92. The van der Waals surface area contributed by atoms with Gasteiger partial charge in [-0.1, -0.05) is 0 Å². The summed E-state index contributed by atoms with van der Waals surface area (Å²) in [6.07, 6.45) is 1.84. The van der Waals surface area contributed by atoms with Gasteiger partial charge in [-0.3, -0.25) is 9.69 Å². The second-order valence-electron chi connectivity index (χ2n) is 6.34. The minimum Gasteiger partial charge on any atom is -0.339 e. The molecule has 0 bridgehead atoms. The van der Waals surface area contributed by atoms with E-state index in [0.717, 1.165) is 19.4 Å². The standard InChI is InChI=1S/C17H23FN4O2/c1-19-11-12-4-7-21(8-5-12)16(23)14-10-13(2-3-15(14)18)22-9-6-20-17(22)24/h2-3,10,12,19H,4-9,11H2,1H3,(H,20,24). The fourth-order valence-corrected chi connectivity index (χ4v) is 3.36. The van der Waals surface area contributed by atoms with E-state index in [-0.39, 0.29) is 17.5 Å². The van der Waals surface area contributed by atoms with Crippen LogP contribution in [0.5, 0.6) is 0 Å². The van der Waals surface area contributed by atoms with Crippen LogP contribution in [0.2, 0.25) is 0 Å². The minimum atomic E-state index is -0.541. The van der Waals surface area contributed by atoms with Crippen molar-refractivity contribution in [2.45, 2.75) is 12.8 Å². The Hall–Kier alpha value is -2.15. The van der Waals surface area contributed by atoms with Crippen LogP contribution in [-0.4, -0.2) is 56.6 Å². The summed E-state index contributed by atoms with van der Waals surface area (Å²) in [6, 6.07) is 4.08. The number of halogens is 1. The minimum absolute atomic E-state index is 0.0410. The molecule has 2 fully saturated rings. The fourth-order valence-electron chi connectivity index (χ4n) is 3.36. The lowest BCUT2D eigenvalue weighted by Crippen LogP contribution is -2.40. The second-order valence-corrected chi connectivity index (χ2v) is 6.34. The number of carbonyl (C=O) groups is 2. The maximum Gasteiger partial charge on any atom is 0.321 e. The highest BCUT2D eigenvalue weighted by atomic mass is 19.1. The lowest BCUT2D eigenvalue weighted by Gasteiger charge is -2.32. The molecule has 1 aromatic carbocycles. The molecule has 3 amide bonds. The van der Waals surface area contributed by atoms with E-state index >= 15 is 0 Å². The normalized spacial score (nSPS) is 18.8. The first kappa shape index (κ1) is 16.7. The Bertz CT molecular complexity index is 629. The Kier molecular flexibility index (Phi) is 4.99. The summed E-state index contributed by atoms with van der Waals surface area (Å²) in [6.45, 7) is 3.29. The van der Waals surface area contributed by atoms with Crippen LogP contribution in [0.1, 0.15) is 23.2 Å². The number of anilines is 1. The van der Waals surface area contributed by atoms with E-state index in [1.807, 2.05) is 7.05 Å². The third kappa shape index (κ3) is 3.36. The molecular formula is C17H23FN4O2. The van der Waals surface area contributed by atoms with Gasteiger partial charge in [-0.15, -0.1) is 0 Å². The van der Waals surface area contributed by atoms with Crippen LogP contribution in [0, 0.1) is 11.7 Å². The molecule has 24 heavy (non-hydrogen) atoms. The molecule has 130 valence electrons. The Morgan fingerprint density at radius 3 is 2.71 bits per heavy atom. The number of nitrogens with one attached hydrogen (secondary N) is 2. The highest BCUT2D eigenvalue weighted by Gasteiger charge is 2.27. The van der Waals surface area contributed by atoms with Crippen molar-refractivity contribution in [1.82, 2.24) is 15.5 Å². The van der Waals surface area contributed by atoms with Crippen molar-refractivity contribution in [3.8, 4) is 0 Å². The molecular weight excluding hydrogens is 311 g/mol. The summed E-state index contributed by atoms with van der Waals surface area (Å²) >= 11 is 0. The quantitative estimate of drug-likeness (QED) is 0.875. The molecule has 7 heteroatoms. The number of urea groups is 1. The maximum atomic E-state index is 14.2. The van der Waals surface area contributed by atoms with Crippen LogP contribution < -0.4 is 15.5 Å². The van der Waals surface area contributed by atoms with Gasteiger partial charge in [0.25, 0.3) is 5.91 Å². The van der Waals surface area contributed by atoms with E-state index in [9.17, 15) is 14.0 Å². The van der Waals surface area contributed by atoms with Gasteiger partial charge < -0.3 is 15.5 Å². The third-order valence-electron chi connectivity index (χ3n) is 4.74. The molecule has 3 rings (SSSR count). The molecule has 2 N–H and O–H groups in total. The highest BCUT2D eigenvalue weighted by Crippen LogP contribution is 2.24. The van der Waals surface area contributed by atoms with Gasteiger partial charge in [-0.25, -0.2) is 9.18 Å². The average molecular weight is 334 g/mol. The summed E-state index contributed by atoms with van der Waals surface area (Å²) < 4.78 is 14.2. The van der Waals surface area contributed by atoms with Crippen molar-refractivity contribution >= 4 is 17.6 Å². The summed E-state index contributed by atoms with van der Waals surface area (Å²) in [4.78, 5) is 27.7. The zero-order valence-electron chi connectivity index (χ0n) is 13.8. The molecule has 2 aliphatic heterocycles. The predicted octanol–water partition coefficient (Wildman–Crippen LogP) is 1.43. The fraction of sp³-hybridized carbons (Fsp3) is 0.529. The molecule has 0 radical (unpaired) electrons. The number of rotatable bonds is 4. The Labute approximate surface area is 141 Å². The van der Waals surface area contributed by atoms with Crippen molar-refractivity contribution in [3.63, 3.8) is 0 Å². The molecule has 0 unspecified atom stereocenters. The Balaban J connectivity index is 1.74. The highest BCUT2D eigenvalue weighted by molar-refractivity contribution is 5.98. The molecule has 0 spiro atoms. The molecule has 2 saturated heterocycles. The van der Waals surface area contributed by atoms with Crippen molar-refractivity contribution in [2.24, 2.45) is 5.92 Å². The van der Waals surface area contributed by atoms with E-state index < -0.39 is 5.82 Å². The van der Waals surface area contributed by atoms with E-state index in [1.165, 1.54) is 23.1 Å². The van der Waals surface area contributed by atoms with Gasteiger partial charge in [0.05, 0.1) is 5.56 Å². The Morgan fingerprint density at radius 1 is 1.33 bits per heavy atom. The number of benzene rings is 1. The lowest BCUT2D eigenvalue weighted by molar-refractivity contribution is 0.0686. The molecule has 2 aliphatic rings. The van der Waals surface area contributed by atoms with Crippen LogP contribution in [-0.2, 0) is 0 Å². The van der Waals surface area contributed by atoms with Gasteiger partial charge >= 0.3 is 6.03 Å². The zero-order valence-corrected chi connectivity index (χ0v) is 13.8. The second kappa shape index (κ2) is 7.17. The number of carbonyl (C=O) groups excluding carboxylic acids is 2. The monoisotopic (exact) mass is 334 g/mol. The SMILES string of the molecule is CNCC1CCN(C(=O)c2cc(N3CCNC3=O)ccc2F)CC1. The largest absolute Gasteiger partial charge is 0.339 e. The van der Waals surface area contributed by atoms with Crippen LogP contribution in [0.25, 0.3) is 0 Å². The van der Waals surface area contributed by atoms with Crippen molar-refractivity contribution in [3.05, 3.63) is 29.6 Å². The van der Waals surface area contributed by atoms with Gasteiger partial charge in [-0.2, -0.15) is 0 Å². The average Bonchev–Trinajstić information content (AvgIpc) is 3.02. The van der Waals surface area contributed by atoms with E-state index in [1.54, 1.807) is 4.90 Å². The molecule has 0 atom stereocenters. The third-order valence-corrected chi connectivity index (χ3v) is 4.74. The number of nitrogens with zero attached hydrogens (tertiary/aromatic N) is 2. The first-order chi connectivity index (χ1) is 11.6. The molecule has 6 nitrogen and oxygen atoms in total. The number of hydrogen-bond acceptors (Lipinski definition) is 3. The van der Waals surface area contributed by atoms with E-state index in [2.05, 4.69) is 10.6 Å². The summed E-state index contributed by atoms with van der Waals surface area (Å²) in [5.41, 5.74) is 0.596. The van der Waals surface area contributed by atoms with Crippen molar-refractivity contribution < 1.29 is 14.0 Å². The van der Waals surface area contributed by atoms with E-state index in [0.29, 0.717) is 37.8 Å². The maximum absolute atomic E-state index is 14.2. The molecule has 1 aromatic rings. The van der Waals surface area contributed by atoms with Gasteiger partial charge in [-0.05, 0) is 50.6 Å². The zero-order chi connectivity index (χ0) is 17.1. The molecule has 0 aliphatic carbocycles. The van der Waals surface area contributed by atoms with Crippen LogP contribution in [0.3, 0.4) is 0 Å². The van der Waals surface area contributed by atoms with Gasteiger partial charge in [0.15, 0.2) is 0 Å². The van der Waals surface area contributed by atoms with Crippen LogP contribution in [0.15, 0.2) is 18.2 Å². The molecule has 0 aromatic heterocycles. The number of likely N-dealkylation sites (tertiary alicyclic amines) is 1. The van der Waals surface area contributed by atoms with Crippen LogP contribution >= 0.6 is 0 Å². The predicted molar refractivity (Wildman–Crippen MR) is 89.7 cm³/mol. The van der Waals surface area contributed by atoms with Crippen LogP contribution in [0.4, 0.5) is 14.9 Å².